The zero-order chi connectivity index (χ0) is 14.0. The van der Waals surface area contributed by atoms with E-state index in [2.05, 4.69) is 5.32 Å². The van der Waals surface area contributed by atoms with E-state index in [-0.39, 0.29) is 23.6 Å². The molecule has 7 heteroatoms. The minimum Gasteiger partial charge on any atom is -0.466 e. The van der Waals surface area contributed by atoms with E-state index in [1.165, 1.54) is 6.07 Å². The second-order valence-electron chi connectivity index (χ2n) is 4.05. The molecule has 0 atom stereocenters. The summed E-state index contributed by atoms with van der Waals surface area (Å²) < 4.78 is 28.9. The Labute approximate surface area is 111 Å². The van der Waals surface area contributed by atoms with E-state index in [0.29, 0.717) is 11.4 Å². The first-order valence-corrected chi connectivity index (χ1v) is 7.25. The maximum absolute atomic E-state index is 12.1. The number of fused-ring (bicyclic) bond motifs is 1. The molecule has 0 aromatic heterocycles. The number of nitrogens with one attached hydrogen (secondary N) is 1. The number of anilines is 2. The molecule has 1 aliphatic heterocycles. The Bertz CT molecular complexity index is 650. The van der Waals surface area contributed by atoms with Gasteiger partial charge in [0.25, 0.3) is 0 Å². The van der Waals surface area contributed by atoms with Crippen LogP contribution in [0.25, 0.3) is 0 Å². The summed E-state index contributed by atoms with van der Waals surface area (Å²) in [4.78, 5) is 11.5. The third kappa shape index (κ3) is 2.87. The van der Waals surface area contributed by atoms with Gasteiger partial charge in [0, 0.05) is 11.4 Å². The van der Waals surface area contributed by atoms with E-state index in [1.807, 2.05) is 0 Å². The summed E-state index contributed by atoms with van der Waals surface area (Å²) in [7, 11) is -3.59. The van der Waals surface area contributed by atoms with Crippen molar-refractivity contribution in [3.8, 4) is 0 Å². The highest BCUT2D eigenvalue weighted by Crippen LogP contribution is 2.31. The molecule has 0 aliphatic carbocycles. The maximum atomic E-state index is 12.1. The largest absolute Gasteiger partial charge is 0.466 e. The van der Waals surface area contributed by atoms with Crippen LogP contribution in [0.5, 0.6) is 0 Å². The molecule has 3 N–H and O–H groups in total. The fraction of sp³-hybridized carbons (Fsp3) is 0.250. The van der Waals surface area contributed by atoms with Crippen molar-refractivity contribution in [2.75, 3.05) is 17.7 Å². The molecular formula is C12H14N2O4S. The molecule has 0 radical (unpaired) electrons. The average molecular weight is 282 g/mol. The van der Waals surface area contributed by atoms with Crippen molar-refractivity contribution >= 4 is 27.2 Å². The lowest BCUT2D eigenvalue weighted by Crippen LogP contribution is -2.17. The second-order valence-corrected chi connectivity index (χ2v) is 5.82. The first-order valence-electron chi connectivity index (χ1n) is 5.70. The number of esters is 1. The zero-order valence-corrected chi connectivity index (χ0v) is 11.2. The quantitative estimate of drug-likeness (QED) is 0.639. The number of hydrogen-bond acceptors (Lipinski definition) is 6. The van der Waals surface area contributed by atoms with Crippen LogP contribution >= 0.6 is 0 Å². The number of carbonyl (C=O) groups excluding carboxylic acids is 1. The molecule has 1 aromatic rings. The summed E-state index contributed by atoms with van der Waals surface area (Å²) >= 11 is 0. The highest BCUT2D eigenvalue weighted by atomic mass is 32.2. The van der Waals surface area contributed by atoms with E-state index in [1.54, 1.807) is 19.1 Å². The lowest BCUT2D eigenvalue weighted by atomic mass is 10.2. The topological polar surface area (TPSA) is 98.5 Å². The predicted octanol–water partition coefficient (Wildman–Crippen LogP) is 1.26. The minimum atomic E-state index is -3.59. The summed E-state index contributed by atoms with van der Waals surface area (Å²) in [5, 5.41) is 3.93. The molecule has 1 aliphatic rings. The van der Waals surface area contributed by atoms with Crippen LogP contribution in [-0.2, 0) is 19.4 Å². The first-order chi connectivity index (χ1) is 8.92. The van der Waals surface area contributed by atoms with Gasteiger partial charge in [-0.25, -0.2) is 8.42 Å². The molecular weight excluding hydrogens is 268 g/mol. The van der Waals surface area contributed by atoms with Crippen molar-refractivity contribution < 1.29 is 17.9 Å². The van der Waals surface area contributed by atoms with Gasteiger partial charge in [0.2, 0.25) is 9.84 Å². The summed E-state index contributed by atoms with van der Waals surface area (Å²) in [6.07, 6.45) is -0.114. The van der Waals surface area contributed by atoms with E-state index in [9.17, 15) is 13.2 Å². The number of benzene rings is 1. The minimum absolute atomic E-state index is 0.111. The van der Waals surface area contributed by atoms with Crippen LogP contribution in [0.1, 0.15) is 13.3 Å². The van der Waals surface area contributed by atoms with Crippen LogP contribution < -0.4 is 11.1 Å². The number of nitrogens with two attached hydrogens (primary N) is 1. The number of hydrogen-bond donors (Lipinski definition) is 2. The van der Waals surface area contributed by atoms with Gasteiger partial charge >= 0.3 is 5.97 Å². The standard InChI is InChI=1S/C12H14N2O4S/c1-2-18-12(15)6-9-7-19(16,17)11-5-8(13)3-4-10(11)14-9/h3-5,7,14H,2,6,13H2,1H3. The normalized spacial score (nSPS) is 15.9. The van der Waals surface area contributed by atoms with Crippen LogP contribution in [-0.4, -0.2) is 21.0 Å². The average Bonchev–Trinajstić information content (AvgIpc) is 2.30. The van der Waals surface area contributed by atoms with Gasteiger partial charge in [-0.1, -0.05) is 0 Å². The highest BCUT2D eigenvalue weighted by molar-refractivity contribution is 7.94. The second kappa shape index (κ2) is 4.93. The van der Waals surface area contributed by atoms with E-state index in [0.717, 1.165) is 5.41 Å². The van der Waals surface area contributed by atoms with Gasteiger partial charge in [0.1, 0.15) is 0 Å². The molecule has 0 bridgehead atoms. The van der Waals surface area contributed by atoms with Gasteiger partial charge in [-0.3, -0.25) is 4.79 Å². The lowest BCUT2D eigenvalue weighted by molar-refractivity contribution is -0.142. The third-order valence-electron chi connectivity index (χ3n) is 2.54. The summed E-state index contributed by atoms with van der Waals surface area (Å²) in [5.74, 6) is -0.477. The van der Waals surface area contributed by atoms with Crippen LogP contribution in [0.3, 0.4) is 0 Å². The van der Waals surface area contributed by atoms with Crippen LogP contribution in [0.2, 0.25) is 0 Å². The van der Waals surface area contributed by atoms with Crippen molar-refractivity contribution in [2.45, 2.75) is 18.2 Å². The molecule has 0 spiro atoms. The molecule has 0 unspecified atom stereocenters. The Kier molecular flexibility index (Phi) is 3.48. The Morgan fingerprint density at radius 2 is 2.16 bits per heavy atom. The summed E-state index contributed by atoms with van der Waals surface area (Å²) in [5.41, 5.74) is 6.64. The van der Waals surface area contributed by atoms with Crippen molar-refractivity contribution in [1.82, 2.24) is 0 Å². The van der Waals surface area contributed by atoms with Gasteiger partial charge in [-0.15, -0.1) is 0 Å². The Morgan fingerprint density at radius 1 is 1.42 bits per heavy atom. The number of carbonyl (C=O) groups is 1. The Hall–Kier alpha value is -2.02. The van der Waals surface area contributed by atoms with Gasteiger partial charge in [-0.05, 0) is 25.1 Å². The van der Waals surface area contributed by atoms with Gasteiger partial charge in [0.05, 0.1) is 29.0 Å². The van der Waals surface area contributed by atoms with Crippen molar-refractivity contribution in [3.63, 3.8) is 0 Å². The lowest BCUT2D eigenvalue weighted by Gasteiger charge is -2.19. The van der Waals surface area contributed by atoms with Gasteiger partial charge < -0.3 is 15.8 Å². The molecule has 102 valence electrons. The number of nitrogen functional groups attached to an aromatic ring is 1. The van der Waals surface area contributed by atoms with Crippen LogP contribution in [0, 0.1) is 0 Å². The Morgan fingerprint density at radius 3 is 2.84 bits per heavy atom. The fourth-order valence-electron chi connectivity index (χ4n) is 1.78. The number of ether oxygens (including phenoxy) is 1. The summed E-state index contributed by atoms with van der Waals surface area (Å²) in [6, 6.07) is 4.55. The predicted molar refractivity (Wildman–Crippen MR) is 71.0 cm³/mol. The molecule has 0 saturated carbocycles. The Balaban J connectivity index is 2.32. The first kappa shape index (κ1) is 13.4. The molecule has 19 heavy (non-hydrogen) atoms. The monoisotopic (exact) mass is 282 g/mol. The third-order valence-corrected chi connectivity index (χ3v) is 4.09. The van der Waals surface area contributed by atoms with E-state index >= 15 is 0 Å². The zero-order valence-electron chi connectivity index (χ0n) is 10.3. The maximum Gasteiger partial charge on any atom is 0.311 e. The van der Waals surface area contributed by atoms with Gasteiger partial charge in [-0.2, -0.15) is 0 Å². The van der Waals surface area contributed by atoms with E-state index in [4.69, 9.17) is 10.5 Å². The van der Waals surface area contributed by atoms with E-state index < -0.39 is 15.8 Å². The molecule has 6 nitrogen and oxygen atoms in total. The smallest absolute Gasteiger partial charge is 0.311 e. The van der Waals surface area contributed by atoms with Crippen molar-refractivity contribution in [1.29, 1.82) is 0 Å². The number of sulfone groups is 1. The molecule has 1 heterocycles. The summed E-state index contributed by atoms with van der Waals surface area (Å²) in [6.45, 7) is 1.95. The molecule has 2 rings (SSSR count). The molecule has 0 fully saturated rings. The number of rotatable bonds is 3. The highest BCUT2D eigenvalue weighted by Gasteiger charge is 2.24. The van der Waals surface area contributed by atoms with Crippen molar-refractivity contribution in [3.05, 3.63) is 29.3 Å². The SMILES string of the molecule is CCOC(=O)CC1=CS(=O)(=O)c2cc(N)ccc2N1. The fourth-order valence-corrected chi connectivity index (χ4v) is 3.15. The van der Waals surface area contributed by atoms with Gasteiger partial charge in [0.15, 0.2) is 0 Å². The molecule has 0 saturated heterocycles. The molecule has 0 amide bonds. The van der Waals surface area contributed by atoms with Crippen molar-refractivity contribution in [2.24, 2.45) is 0 Å². The van der Waals surface area contributed by atoms with Crippen LogP contribution in [0.4, 0.5) is 11.4 Å². The van der Waals surface area contributed by atoms with Crippen LogP contribution in [0.15, 0.2) is 34.2 Å². The molecule has 1 aromatic carbocycles.